The molecule has 1 fully saturated rings. The second-order valence-corrected chi connectivity index (χ2v) is 6.37. The summed E-state index contributed by atoms with van der Waals surface area (Å²) in [5, 5.41) is 1.91. The van der Waals surface area contributed by atoms with Crippen molar-refractivity contribution in [3.05, 3.63) is 47.7 Å². The summed E-state index contributed by atoms with van der Waals surface area (Å²) in [4.78, 5) is 31.0. The summed E-state index contributed by atoms with van der Waals surface area (Å²) in [6.07, 6.45) is 3.44. The zero-order chi connectivity index (χ0) is 16.7. The molecule has 0 atom stereocenters. The molecule has 0 spiro atoms. The van der Waals surface area contributed by atoms with Crippen LogP contribution >= 0.6 is 11.3 Å². The van der Waals surface area contributed by atoms with E-state index in [4.69, 9.17) is 0 Å². The number of carbonyl (C=O) groups excluding carboxylic acids is 2. The first-order valence-electron chi connectivity index (χ1n) is 7.70. The third-order valence-electron chi connectivity index (χ3n) is 3.80. The Bertz CT molecular complexity index is 538. The molecule has 1 aromatic rings. The van der Waals surface area contributed by atoms with Gasteiger partial charge in [-0.15, -0.1) is 24.5 Å². The maximum atomic E-state index is 12.3. The number of rotatable bonds is 7. The summed E-state index contributed by atoms with van der Waals surface area (Å²) < 4.78 is 0. The van der Waals surface area contributed by atoms with Crippen molar-refractivity contribution in [3.8, 4) is 0 Å². The summed E-state index contributed by atoms with van der Waals surface area (Å²) in [6.45, 7) is 11.6. The highest BCUT2D eigenvalue weighted by atomic mass is 32.1. The first-order valence-corrected chi connectivity index (χ1v) is 8.58. The third kappa shape index (κ3) is 4.77. The molecule has 23 heavy (non-hydrogen) atoms. The van der Waals surface area contributed by atoms with E-state index in [-0.39, 0.29) is 11.8 Å². The summed E-state index contributed by atoms with van der Waals surface area (Å²) in [5.41, 5.74) is 0. The molecule has 6 heteroatoms. The van der Waals surface area contributed by atoms with Crippen LogP contribution in [0.15, 0.2) is 42.8 Å². The van der Waals surface area contributed by atoms with Crippen molar-refractivity contribution in [2.24, 2.45) is 0 Å². The molecule has 2 rings (SSSR count). The topological polar surface area (TPSA) is 43.9 Å². The van der Waals surface area contributed by atoms with Gasteiger partial charge in [-0.1, -0.05) is 18.2 Å². The minimum absolute atomic E-state index is 0.0721. The van der Waals surface area contributed by atoms with Crippen molar-refractivity contribution in [3.63, 3.8) is 0 Å². The van der Waals surface area contributed by atoms with Crippen molar-refractivity contribution < 1.29 is 9.59 Å². The highest BCUT2D eigenvalue weighted by molar-refractivity contribution is 7.12. The second kappa shape index (κ2) is 8.64. The maximum absolute atomic E-state index is 12.3. The van der Waals surface area contributed by atoms with Crippen LogP contribution < -0.4 is 0 Å². The van der Waals surface area contributed by atoms with Gasteiger partial charge in [0.25, 0.3) is 5.91 Å². The summed E-state index contributed by atoms with van der Waals surface area (Å²) >= 11 is 1.47. The monoisotopic (exact) mass is 333 g/mol. The Kier molecular flexibility index (Phi) is 6.55. The Hall–Kier alpha value is -1.92. The lowest BCUT2D eigenvalue weighted by Crippen LogP contribution is -2.51. The van der Waals surface area contributed by atoms with E-state index in [0.717, 1.165) is 18.0 Å². The molecular weight excluding hydrogens is 310 g/mol. The maximum Gasteiger partial charge on any atom is 0.264 e. The van der Waals surface area contributed by atoms with Crippen molar-refractivity contribution in [1.29, 1.82) is 0 Å². The van der Waals surface area contributed by atoms with Gasteiger partial charge in [-0.3, -0.25) is 14.5 Å². The Morgan fingerprint density at radius 1 is 1.17 bits per heavy atom. The average molecular weight is 333 g/mol. The fourth-order valence-electron chi connectivity index (χ4n) is 2.55. The van der Waals surface area contributed by atoms with Gasteiger partial charge in [0.05, 0.1) is 11.4 Å². The van der Waals surface area contributed by atoms with Crippen LogP contribution in [0.5, 0.6) is 0 Å². The number of carbonyl (C=O) groups is 2. The minimum atomic E-state index is 0.0721. The molecule has 2 amide bonds. The highest BCUT2D eigenvalue weighted by Crippen LogP contribution is 2.13. The molecule has 5 nitrogen and oxygen atoms in total. The minimum Gasteiger partial charge on any atom is -0.335 e. The van der Waals surface area contributed by atoms with Gasteiger partial charge in [0.2, 0.25) is 5.91 Å². The van der Waals surface area contributed by atoms with E-state index in [0.29, 0.717) is 32.7 Å². The van der Waals surface area contributed by atoms with E-state index >= 15 is 0 Å². The Labute approximate surface area is 141 Å². The lowest BCUT2D eigenvalue weighted by atomic mass is 10.2. The van der Waals surface area contributed by atoms with Crippen LogP contribution in [0.25, 0.3) is 0 Å². The van der Waals surface area contributed by atoms with Crippen LogP contribution in [0.3, 0.4) is 0 Å². The normalized spacial score (nSPS) is 15.2. The molecule has 0 bridgehead atoms. The van der Waals surface area contributed by atoms with E-state index in [9.17, 15) is 9.59 Å². The lowest BCUT2D eigenvalue weighted by molar-refractivity contribution is -0.131. The fraction of sp³-hybridized carbons (Fsp3) is 0.412. The molecule has 0 N–H and O–H groups in total. The zero-order valence-corrected chi connectivity index (χ0v) is 14.1. The number of nitrogens with zero attached hydrogens (tertiary/aromatic N) is 3. The number of thiophene rings is 1. The molecular formula is C17H23N3O2S. The van der Waals surface area contributed by atoms with Gasteiger partial charge in [-0.05, 0) is 11.4 Å². The van der Waals surface area contributed by atoms with Crippen LogP contribution in [0.2, 0.25) is 0 Å². The summed E-state index contributed by atoms with van der Waals surface area (Å²) in [7, 11) is 0. The van der Waals surface area contributed by atoms with Gasteiger partial charge >= 0.3 is 0 Å². The molecule has 124 valence electrons. The van der Waals surface area contributed by atoms with Crippen molar-refractivity contribution in [1.82, 2.24) is 14.7 Å². The molecule has 1 aliphatic heterocycles. The van der Waals surface area contributed by atoms with Crippen molar-refractivity contribution in [2.75, 3.05) is 45.8 Å². The van der Waals surface area contributed by atoms with Crippen LogP contribution in [-0.4, -0.2) is 72.3 Å². The molecule has 0 aliphatic carbocycles. The van der Waals surface area contributed by atoms with E-state index in [1.807, 2.05) is 22.4 Å². The van der Waals surface area contributed by atoms with Crippen LogP contribution in [0.1, 0.15) is 9.67 Å². The van der Waals surface area contributed by atoms with Gasteiger partial charge in [-0.25, -0.2) is 0 Å². The number of amides is 2. The molecule has 1 aromatic heterocycles. The molecule has 1 saturated heterocycles. The molecule has 2 heterocycles. The first kappa shape index (κ1) is 17.4. The van der Waals surface area contributed by atoms with E-state index in [1.165, 1.54) is 11.3 Å². The quantitative estimate of drug-likeness (QED) is 0.714. The first-order chi connectivity index (χ1) is 11.2. The largest absolute Gasteiger partial charge is 0.335 e. The fourth-order valence-corrected chi connectivity index (χ4v) is 3.24. The molecule has 0 aromatic carbocycles. The lowest BCUT2D eigenvalue weighted by Gasteiger charge is -2.35. The Morgan fingerprint density at radius 3 is 2.35 bits per heavy atom. The predicted molar refractivity (Wildman–Crippen MR) is 93.6 cm³/mol. The summed E-state index contributed by atoms with van der Waals surface area (Å²) in [6, 6.07) is 3.74. The third-order valence-corrected chi connectivity index (χ3v) is 4.66. The SMILES string of the molecule is C=CCN(CC=C)C(=O)CN1CCN(C(=O)c2cccs2)CC1. The van der Waals surface area contributed by atoms with Gasteiger partial charge in [0.15, 0.2) is 0 Å². The Morgan fingerprint density at radius 2 is 1.83 bits per heavy atom. The predicted octanol–water partition coefficient (Wildman–Crippen LogP) is 1.71. The average Bonchev–Trinajstić information content (AvgIpc) is 3.09. The second-order valence-electron chi connectivity index (χ2n) is 5.42. The molecule has 1 aliphatic rings. The van der Waals surface area contributed by atoms with Gasteiger partial charge in [0.1, 0.15) is 0 Å². The number of hydrogen-bond donors (Lipinski definition) is 0. The van der Waals surface area contributed by atoms with E-state index in [1.54, 1.807) is 17.1 Å². The van der Waals surface area contributed by atoms with Crippen molar-refractivity contribution in [2.45, 2.75) is 0 Å². The van der Waals surface area contributed by atoms with Crippen LogP contribution in [0.4, 0.5) is 0 Å². The van der Waals surface area contributed by atoms with Gasteiger partial charge < -0.3 is 9.80 Å². The van der Waals surface area contributed by atoms with Gasteiger partial charge in [-0.2, -0.15) is 0 Å². The standard InChI is InChI=1S/C17H23N3O2S/c1-3-7-19(8-4-2)16(21)14-18-9-11-20(12-10-18)17(22)15-6-5-13-23-15/h3-6,13H,1-2,7-12,14H2. The van der Waals surface area contributed by atoms with Crippen LogP contribution in [-0.2, 0) is 4.79 Å². The van der Waals surface area contributed by atoms with Crippen molar-refractivity contribution >= 4 is 23.2 Å². The van der Waals surface area contributed by atoms with E-state index < -0.39 is 0 Å². The Balaban J connectivity index is 1.82. The molecule has 0 radical (unpaired) electrons. The van der Waals surface area contributed by atoms with E-state index in [2.05, 4.69) is 18.1 Å². The van der Waals surface area contributed by atoms with Crippen LogP contribution in [0, 0.1) is 0 Å². The van der Waals surface area contributed by atoms with Gasteiger partial charge in [0, 0.05) is 39.3 Å². The smallest absolute Gasteiger partial charge is 0.264 e. The highest BCUT2D eigenvalue weighted by Gasteiger charge is 2.24. The number of hydrogen-bond acceptors (Lipinski definition) is 4. The zero-order valence-electron chi connectivity index (χ0n) is 13.3. The number of piperazine rings is 1. The molecule has 0 saturated carbocycles. The summed E-state index contributed by atoms with van der Waals surface area (Å²) in [5.74, 6) is 0.161. The molecule has 0 unspecified atom stereocenters.